The Morgan fingerprint density at radius 3 is 2.47 bits per heavy atom. The van der Waals surface area contributed by atoms with Gasteiger partial charge in [-0.2, -0.15) is 0 Å². The highest BCUT2D eigenvalue weighted by Crippen LogP contribution is 2.30. The van der Waals surface area contributed by atoms with Crippen LogP contribution in [0.3, 0.4) is 0 Å². The summed E-state index contributed by atoms with van der Waals surface area (Å²) in [5.41, 5.74) is 9.54. The number of nitrogens with zero attached hydrogens (tertiary/aromatic N) is 1. The molecule has 1 aliphatic rings. The minimum Gasteiger partial charge on any atom is -0.481 e. The highest BCUT2D eigenvalue weighted by molar-refractivity contribution is 5.88. The van der Waals surface area contributed by atoms with Crippen LogP contribution in [0.2, 0.25) is 0 Å². The fourth-order valence-electron chi connectivity index (χ4n) is 1.86. The van der Waals surface area contributed by atoms with Gasteiger partial charge in [-0.15, -0.1) is 0 Å². The van der Waals surface area contributed by atoms with Crippen molar-refractivity contribution >= 4 is 17.8 Å². The van der Waals surface area contributed by atoms with E-state index in [4.69, 9.17) is 16.6 Å². The van der Waals surface area contributed by atoms with Gasteiger partial charge in [0.2, 0.25) is 11.8 Å². The number of hydrogen-bond acceptors (Lipinski definition) is 4. The lowest BCUT2D eigenvalue weighted by atomic mass is 9.90. The van der Waals surface area contributed by atoms with Gasteiger partial charge in [-0.1, -0.05) is 0 Å². The molecule has 0 aromatic rings. The van der Waals surface area contributed by atoms with Crippen molar-refractivity contribution in [3.05, 3.63) is 0 Å². The first-order valence-electron chi connectivity index (χ1n) is 5.32. The van der Waals surface area contributed by atoms with E-state index in [9.17, 15) is 14.4 Å². The molecule has 5 N–H and O–H groups in total. The monoisotopic (exact) mass is 243 g/mol. The van der Waals surface area contributed by atoms with Crippen LogP contribution in [0.1, 0.15) is 19.8 Å². The number of carboxylic acids is 1. The zero-order valence-electron chi connectivity index (χ0n) is 9.68. The highest BCUT2D eigenvalue weighted by Gasteiger charge is 2.42. The number of primary amides is 1. The van der Waals surface area contributed by atoms with Crippen molar-refractivity contribution < 1.29 is 19.5 Å². The van der Waals surface area contributed by atoms with Crippen molar-refractivity contribution in [1.29, 1.82) is 0 Å². The van der Waals surface area contributed by atoms with Crippen molar-refractivity contribution in [3.63, 3.8) is 0 Å². The Labute approximate surface area is 98.7 Å². The lowest BCUT2D eigenvalue weighted by Crippen LogP contribution is -2.45. The maximum Gasteiger partial charge on any atom is 0.311 e. The van der Waals surface area contributed by atoms with E-state index in [2.05, 4.69) is 0 Å². The van der Waals surface area contributed by atoms with Crippen molar-refractivity contribution in [2.75, 3.05) is 13.1 Å². The molecule has 2 amide bonds. The molecule has 0 bridgehead atoms. The summed E-state index contributed by atoms with van der Waals surface area (Å²) in [6.07, 6.45) is 0.163. The Kier molecular flexibility index (Phi) is 3.72. The zero-order chi connectivity index (χ0) is 13.2. The summed E-state index contributed by atoms with van der Waals surface area (Å²) in [7, 11) is 0. The minimum atomic E-state index is -0.983. The minimum absolute atomic E-state index is 0.119. The van der Waals surface area contributed by atoms with E-state index in [0.717, 1.165) is 0 Å². The lowest BCUT2D eigenvalue weighted by molar-refractivity contribution is -0.147. The standard InChI is InChI=1S/C10H17N3O4/c1-10(9(16)17)2-3-13(5-10)8(15)6(11)4-7(12)14/h6H,2-5,11H2,1H3,(H2,12,14)(H,16,17). The first kappa shape index (κ1) is 13.4. The van der Waals surface area contributed by atoms with Crippen molar-refractivity contribution in [2.24, 2.45) is 16.9 Å². The van der Waals surface area contributed by atoms with Crippen molar-refractivity contribution in [2.45, 2.75) is 25.8 Å². The van der Waals surface area contributed by atoms with E-state index in [-0.39, 0.29) is 13.0 Å². The number of rotatable bonds is 4. The molecular formula is C10H17N3O4. The van der Waals surface area contributed by atoms with E-state index in [1.165, 1.54) is 4.90 Å². The molecule has 7 nitrogen and oxygen atoms in total. The average molecular weight is 243 g/mol. The third-order valence-electron chi connectivity index (χ3n) is 3.04. The summed E-state index contributed by atoms with van der Waals surface area (Å²) in [6.45, 7) is 2.05. The van der Waals surface area contributed by atoms with Gasteiger partial charge in [-0.3, -0.25) is 14.4 Å². The van der Waals surface area contributed by atoms with Gasteiger partial charge in [-0.05, 0) is 13.3 Å². The Morgan fingerprint density at radius 2 is 2.06 bits per heavy atom. The van der Waals surface area contributed by atoms with E-state index in [0.29, 0.717) is 13.0 Å². The molecule has 7 heteroatoms. The van der Waals surface area contributed by atoms with Gasteiger partial charge in [-0.25, -0.2) is 0 Å². The van der Waals surface area contributed by atoms with Gasteiger partial charge in [0.25, 0.3) is 0 Å². The molecule has 1 heterocycles. The van der Waals surface area contributed by atoms with Gasteiger partial charge in [0.1, 0.15) is 0 Å². The Hall–Kier alpha value is -1.63. The maximum atomic E-state index is 11.8. The van der Waals surface area contributed by atoms with E-state index in [1.54, 1.807) is 6.92 Å². The number of amides is 2. The molecule has 17 heavy (non-hydrogen) atoms. The molecule has 0 aromatic carbocycles. The van der Waals surface area contributed by atoms with Crippen molar-refractivity contribution in [1.82, 2.24) is 4.90 Å². The van der Waals surface area contributed by atoms with Crippen LogP contribution < -0.4 is 11.5 Å². The second-order valence-corrected chi connectivity index (χ2v) is 4.65. The van der Waals surface area contributed by atoms with E-state index < -0.39 is 29.2 Å². The number of nitrogens with two attached hydrogens (primary N) is 2. The van der Waals surface area contributed by atoms with Crippen LogP contribution in [-0.2, 0) is 14.4 Å². The zero-order valence-corrected chi connectivity index (χ0v) is 9.68. The number of carbonyl (C=O) groups is 3. The molecule has 2 atom stereocenters. The average Bonchev–Trinajstić information content (AvgIpc) is 2.60. The summed E-state index contributed by atoms with van der Waals surface area (Å²) in [4.78, 5) is 34.8. The highest BCUT2D eigenvalue weighted by atomic mass is 16.4. The molecule has 96 valence electrons. The van der Waals surface area contributed by atoms with Gasteiger partial charge < -0.3 is 21.5 Å². The summed E-state index contributed by atoms with van der Waals surface area (Å²) >= 11 is 0. The van der Waals surface area contributed by atoms with Crippen LogP contribution >= 0.6 is 0 Å². The van der Waals surface area contributed by atoms with Gasteiger partial charge >= 0.3 is 5.97 Å². The van der Waals surface area contributed by atoms with Gasteiger partial charge in [0, 0.05) is 13.1 Å². The van der Waals surface area contributed by atoms with Crippen LogP contribution in [0, 0.1) is 5.41 Å². The fourth-order valence-corrected chi connectivity index (χ4v) is 1.86. The third kappa shape index (κ3) is 2.94. The molecule has 1 aliphatic heterocycles. The van der Waals surface area contributed by atoms with Crippen LogP contribution in [0.25, 0.3) is 0 Å². The summed E-state index contributed by atoms with van der Waals surface area (Å²) in [6, 6.07) is -0.983. The summed E-state index contributed by atoms with van der Waals surface area (Å²) in [5, 5.41) is 9.01. The summed E-state index contributed by atoms with van der Waals surface area (Å²) < 4.78 is 0. The molecule has 1 fully saturated rings. The second kappa shape index (κ2) is 4.70. The predicted octanol–water partition coefficient (Wildman–Crippen LogP) is -1.49. The van der Waals surface area contributed by atoms with Crippen molar-refractivity contribution in [3.8, 4) is 0 Å². The largest absolute Gasteiger partial charge is 0.481 e. The number of aliphatic carboxylic acids is 1. The normalized spacial score (nSPS) is 25.6. The van der Waals surface area contributed by atoms with E-state index >= 15 is 0 Å². The molecule has 1 saturated heterocycles. The number of carbonyl (C=O) groups excluding carboxylic acids is 2. The molecule has 1 rings (SSSR count). The molecule has 0 aromatic heterocycles. The number of carboxylic acid groups (broad SMARTS) is 1. The Bertz CT molecular complexity index is 357. The van der Waals surface area contributed by atoms with Crippen LogP contribution in [0.4, 0.5) is 0 Å². The topological polar surface area (TPSA) is 127 Å². The molecular weight excluding hydrogens is 226 g/mol. The molecule has 0 radical (unpaired) electrons. The Morgan fingerprint density at radius 1 is 1.47 bits per heavy atom. The SMILES string of the molecule is CC1(C(=O)O)CCN(C(=O)C(N)CC(N)=O)C1. The lowest BCUT2D eigenvalue weighted by Gasteiger charge is -2.22. The molecule has 0 spiro atoms. The fraction of sp³-hybridized carbons (Fsp3) is 0.700. The Balaban J connectivity index is 2.62. The maximum absolute atomic E-state index is 11.8. The molecule has 0 saturated carbocycles. The molecule has 0 aliphatic carbocycles. The quantitative estimate of drug-likeness (QED) is 0.554. The van der Waals surface area contributed by atoms with Crippen LogP contribution in [-0.4, -0.2) is 46.9 Å². The predicted molar refractivity (Wildman–Crippen MR) is 58.7 cm³/mol. The number of likely N-dealkylation sites (tertiary alicyclic amines) is 1. The van der Waals surface area contributed by atoms with E-state index in [1.807, 2.05) is 0 Å². The summed E-state index contributed by atoms with van der Waals surface area (Å²) in [5.74, 6) is -2.00. The first-order valence-corrected chi connectivity index (χ1v) is 5.32. The van der Waals surface area contributed by atoms with Gasteiger partial charge in [0.15, 0.2) is 0 Å². The van der Waals surface area contributed by atoms with Crippen LogP contribution in [0.15, 0.2) is 0 Å². The first-order chi connectivity index (χ1) is 7.76. The third-order valence-corrected chi connectivity index (χ3v) is 3.04. The smallest absolute Gasteiger partial charge is 0.311 e. The van der Waals surface area contributed by atoms with Gasteiger partial charge in [0.05, 0.1) is 17.9 Å². The second-order valence-electron chi connectivity index (χ2n) is 4.65. The molecule has 2 unspecified atom stereocenters. The van der Waals surface area contributed by atoms with Crippen LogP contribution in [0.5, 0.6) is 0 Å². The number of hydrogen-bond donors (Lipinski definition) is 3.